The molecule has 5 aromatic rings. The lowest BCUT2D eigenvalue weighted by atomic mass is 10.0. The molecule has 5 rings (SSSR count). The lowest BCUT2D eigenvalue weighted by Crippen LogP contribution is -2.24. The van der Waals surface area contributed by atoms with Crippen LogP contribution >= 0.6 is 11.3 Å². The zero-order valence-electron chi connectivity index (χ0n) is 17.5. The number of thiazole rings is 1. The summed E-state index contributed by atoms with van der Waals surface area (Å²) in [4.78, 5) is 17.1. The third kappa shape index (κ3) is 4.61. The molecule has 0 radical (unpaired) electrons. The Kier molecular flexibility index (Phi) is 5.77. The Morgan fingerprint density at radius 2 is 1.31 bits per heavy atom. The predicted octanol–water partition coefficient (Wildman–Crippen LogP) is 6.49. The summed E-state index contributed by atoms with van der Waals surface area (Å²) in [5, 5.41) is 3.85. The van der Waals surface area contributed by atoms with Crippen LogP contribution in [0.2, 0.25) is 0 Å². The number of carbonyl (C=O) groups is 1. The largest absolute Gasteiger partial charge is 0.352 e. The summed E-state index contributed by atoms with van der Waals surface area (Å²) in [6, 6.07) is 35.1. The highest BCUT2D eigenvalue weighted by atomic mass is 32.1. The molecule has 4 aromatic carbocycles. The smallest absolute Gasteiger partial charge is 0.227 e. The maximum atomic E-state index is 12.5. The SMILES string of the molecule is O=C(Cc1nc2ccc(-c3ccccc3)cc2s1)NCc1ccc(-c2ccccc2)cc1. The van der Waals surface area contributed by atoms with E-state index in [4.69, 9.17) is 0 Å². The van der Waals surface area contributed by atoms with Gasteiger partial charge in [-0.1, -0.05) is 91.0 Å². The minimum atomic E-state index is -0.0144. The lowest BCUT2D eigenvalue weighted by molar-refractivity contribution is -0.120. The molecule has 0 saturated heterocycles. The van der Waals surface area contributed by atoms with Gasteiger partial charge in [-0.3, -0.25) is 4.79 Å². The monoisotopic (exact) mass is 434 g/mol. The third-order valence-corrected chi connectivity index (χ3v) is 6.42. The molecule has 0 aliphatic carbocycles. The number of hydrogen-bond acceptors (Lipinski definition) is 3. The Morgan fingerprint density at radius 1 is 0.719 bits per heavy atom. The molecule has 3 nitrogen and oxygen atoms in total. The van der Waals surface area contributed by atoms with Crippen LogP contribution in [0.5, 0.6) is 0 Å². The van der Waals surface area contributed by atoms with E-state index in [1.807, 2.05) is 42.5 Å². The second-order valence-electron chi connectivity index (χ2n) is 7.67. The van der Waals surface area contributed by atoms with E-state index in [2.05, 4.69) is 71.0 Å². The van der Waals surface area contributed by atoms with Crippen LogP contribution in [-0.4, -0.2) is 10.9 Å². The minimum absolute atomic E-state index is 0.0144. The number of amides is 1. The summed E-state index contributed by atoms with van der Waals surface area (Å²) in [6.45, 7) is 0.511. The Bertz CT molecular complexity index is 1340. The van der Waals surface area contributed by atoms with E-state index in [0.29, 0.717) is 13.0 Å². The third-order valence-electron chi connectivity index (χ3n) is 5.40. The summed E-state index contributed by atoms with van der Waals surface area (Å²) < 4.78 is 1.10. The highest BCUT2D eigenvalue weighted by Gasteiger charge is 2.10. The molecule has 0 unspecified atom stereocenters. The Balaban J connectivity index is 1.21. The van der Waals surface area contributed by atoms with Crippen LogP contribution in [0.15, 0.2) is 103 Å². The molecule has 0 atom stereocenters. The zero-order chi connectivity index (χ0) is 21.8. The van der Waals surface area contributed by atoms with Gasteiger partial charge >= 0.3 is 0 Å². The number of nitrogens with zero attached hydrogens (tertiary/aromatic N) is 1. The zero-order valence-corrected chi connectivity index (χ0v) is 18.3. The Morgan fingerprint density at radius 3 is 2.00 bits per heavy atom. The predicted molar refractivity (Wildman–Crippen MR) is 132 cm³/mol. The molecular weight excluding hydrogens is 412 g/mol. The van der Waals surface area contributed by atoms with Gasteiger partial charge in [-0.2, -0.15) is 0 Å². The molecule has 0 fully saturated rings. The van der Waals surface area contributed by atoms with Crippen molar-refractivity contribution in [2.45, 2.75) is 13.0 Å². The van der Waals surface area contributed by atoms with E-state index in [1.54, 1.807) is 11.3 Å². The lowest BCUT2D eigenvalue weighted by Gasteiger charge is -2.06. The number of benzene rings is 4. The molecule has 1 aromatic heterocycles. The van der Waals surface area contributed by atoms with Gasteiger partial charge in [-0.15, -0.1) is 11.3 Å². The normalized spacial score (nSPS) is 10.9. The van der Waals surface area contributed by atoms with Crippen LogP contribution in [0.4, 0.5) is 0 Å². The molecule has 0 spiro atoms. The van der Waals surface area contributed by atoms with Crippen molar-refractivity contribution in [3.05, 3.63) is 114 Å². The number of carbonyl (C=O) groups excluding carboxylic acids is 1. The molecule has 4 heteroatoms. The first-order chi connectivity index (χ1) is 15.7. The number of aromatic nitrogens is 1. The fourth-order valence-electron chi connectivity index (χ4n) is 3.70. The van der Waals surface area contributed by atoms with Gasteiger partial charge in [0.2, 0.25) is 5.91 Å². The molecule has 0 aliphatic heterocycles. The maximum absolute atomic E-state index is 12.5. The van der Waals surface area contributed by atoms with Crippen molar-refractivity contribution < 1.29 is 4.79 Å². The molecule has 1 N–H and O–H groups in total. The average molecular weight is 435 g/mol. The second kappa shape index (κ2) is 9.16. The summed E-state index contributed by atoms with van der Waals surface area (Å²) in [5.74, 6) is -0.0144. The van der Waals surface area contributed by atoms with Crippen LogP contribution in [0, 0.1) is 0 Å². The van der Waals surface area contributed by atoms with E-state index in [-0.39, 0.29) is 5.91 Å². The van der Waals surface area contributed by atoms with E-state index < -0.39 is 0 Å². The van der Waals surface area contributed by atoms with Crippen molar-refractivity contribution in [2.24, 2.45) is 0 Å². The summed E-state index contributed by atoms with van der Waals surface area (Å²) >= 11 is 1.58. The molecule has 32 heavy (non-hydrogen) atoms. The molecule has 0 saturated carbocycles. The summed E-state index contributed by atoms with van der Waals surface area (Å²) in [7, 11) is 0. The highest BCUT2D eigenvalue weighted by molar-refractivity contribution is 7.18. The summed E-state index contributed by atoms with van der Waals surface area (Å²) in [6.07, 6.45) is 0.294. The standard InChI is InChI=1S/C28H22N2OS/c31-27(29-19-20-11-13-23(14-12-20)21-7-3-1-4-8-21)18-28-30-25-16-15-24(17-26(25)32-28)22-9-5-2-6-10-22/h1-17H,18-19H2,(H,29,31). The van der Waals surface area contributed by atoms with Gasteiger partial charge < -0.3 is 5.32 Å². The first kappa shape index (κ1) is 20.2. The van der Waals surface area contributed by atoms with Crippen molar-refractivity contribution in [1.29, 1.82) is 0 Å². The fourth-order valence-corrected chi connectivity index (χ4v) is 4.71. The van der Waals surface area contributed by atoms with Crippen LogP contribution in [-0.2, 0) is 17.8 Å². The average Bonchev–Trinajstić information content (AvgIpc) is 3.25. The van der Waals surface area contributed by atoms with Crippen LogP contribution in [0.25, 0.3) is 32.5 Å². The van der Waals surface area contributed by atoms with Gasteiger partial charge in [0.05, 0.1) is 16.6 Å². The van der Waals surface area contributed by atoms with Crippen LogP contribution in [0.3, 0.4) is 0 Å². The quantitative estimate of drug-likeness (QED) is 0.332. The van der Waals surface area contributed by atoms with Gasteiger partial charge in [-0.25, -0.2) is 4.98 Å². The van der Waals surface area contributed by atoms with Crippen molar-refractivity contribution in [3.63, 3.8) is 0 Å². The maximum Gasteiger partial charge on any atom is 0.227 e. The molecule has 0 bridgehead atoms. The topological polar surface area (TPSA) is 42.0 Å². The van der Waals surface area contributed by atoms with E-state index in [1.165, 1.54) is 16.7 Å². The Hall–Kier alpha value is -3.76. The summed E-state index contributed by atoms with van der Waals surface area (Å²) in [5.41, 5.74) is 6.72. The van der Waals surface area contributed by atoms with Gasteiger partial charge in [0.15, 0.2) is 0 Å². The van der Waals surface area contributed by atoms with E-state index >= 15 is 0 Å². The molecular formula is C28H22N2OS. The first-order valence-corrected chi connectivity index (χ1v) is 11.4. The van der Waals surface area contributed by atoms with Gasteiger partial charge in [0.1, 0.15) is 5.01 Å². The number of nitrogens with one attached hydrogen (secondary N) is 1. The minimum Gasteiger partial charge on any atom is -0.352 e. The van der Waals surface area contributed by atoms with Crippen LogP contribution in [0.1, 0.15) is 10.6 Å². The molecule has 1 amide bonds. The fraction of sp³-hybridized carbons (Fsp3) is 0.0714. The number of fused-ring (bicyclic) bond motifs is 1. The van der Waals surface area contributed by atoms with E-state index in [0.717, 1.165) is 26.4 Å². The first-order valence-electron chi connectivity index (χ1n) is 10.6. The van der Waals surface area contributed by atoms with Crippen molar-refractivity contribution in [1.82, 2.24) is 10.3 Å². The molecule has 1 heterocycles. The van der Waals surface area contributed by atoms with Crippen molar-refractivity contribution in [2.75, 3.05) is 0 Å². The van der Waals surface area contributed by atoms with Crippen molar-refractivity contribution in [3.8, 4) is 22.3 Å². The van der Waals surface area contributed by atoms with Crippen molar-refractivity contribution >= 4 is 27.5 Å². The molecule has 156 valence electrons. The van der Waals surface area contributed by atoms with Gasteiger partial charge in [-0.05, 0) is 39.9 Å². The number of rotatable bonds is 6. The van der Waals surface area contributed by atoms with Gasteiger partial charge in [0, 0.05) is 6.54 Å². The van der Waals surface area contributed by atoms with Gasteiger partial charge in [0.25, 0.3) is 0 Å². The second-order valence-corrected chi connectivity index (χ2v) is 8.79. The van der Waals surface area contributed by atoms with Crippen LogP contribution < -0.4 is 5.32 Å². The number of hydrogen-bond donors (Lipinski definition) is 1. The highest BCUT2D eigenvalue weighted by Crippen LogP contribution is 2.28. The Labute approximate surface area is 191 Å². The molecule has 0 aliphatic rings. The van der Waals surface area contributed by atoms with E-state index in [9.17, 15) is 4.79 Å².